The molecule has 2 aromatic carbocycles. The highest BCUT2D eigenvalue weighted by molar-refractivity contribution is 7.17. The third kappa shape index (κ3) is 4.40. The van der Waals surface area contributed by atoms with Crippen LogP contribution in [0.3, 0.4) is 0 Å². The number of fused-ring (bicyclic) bond motifs is 1. The predicted molar refractivity (Wildman–Crippen MR) is 122 cm³/mol. The van der Waals surface area contributed by atoms with Crippen LogP contribution in [0.4, 0.5) is 5.13 Å². The van der Waals surface area contributed by atoms with E-state index in [1.54, 1.807) is 38.1 Å². The van der Waals surface area contributed by atoms with Gasteiger partial charge in [0.2, 0.25) is 5.91 Å². The van der Waals surface area contributed by atoms with Crippen LogP contribution in [0.2, 0.25) is 0 Å². The fraction of sp³-hybridized carbons (Fsp3) is 0.208. The summed E-state index contributed by atoms with van der Waals surface area (Å²) in [4.78, 5) is 57.1. The number of nitrogens with zero attached hydrogens (tertiary/aromatic N) is 2. The van der Waals surface area contributed by atoms with Gasteiger partial charge in [-0.05, 0) is 31.5 Å². The first-order valence-electron chi connectivity index (χ1n) is 10.4. The summed E-state index contributed by atoms with van der Waals surface area (Å²) in [6.07, 6.45) is 0.132. The largest absolute Gasteiger partial charge is 0.462 e. The van der Waals surface area contributed by atoms with E-state index in [0.29, 0.717) is 5.69 Å². The van der Waals surface area contributed by atoms with Gasteiger partial charge in [-0.1, -0.05) is 53.8 Å². The van der Waals surface area contributed by atoms with Gasteiger partial charge >= 0.3 is 5.97 Å². The Morgan fingerprint density at radius 1 is 1.03 bits per heavy atom. The Labute approximate surface area is 194 Å². The smallest absolute Gasteiger partial charge is 0.350 e. The van der Waals surface area contributed by atoms with Crippen LogP contribution in [0.15, 0.2) is 54.6 Å². The van der Waals surface area contributed by atoms with Crippen molar-refractivity contribution in [3.05, 3.63) is 81.9 Å². The third-order valence-corrected chi connectivity index (χ3v) is 6.25. The number of amides is 3. The number of hydrogen-bond acceptors (Lipinski definition) is 7. The van der Waals surface area contributed by atoms with Crippen molar-refractivity contribution in [1.29, 1.82) is 0 Å². The molecule has 1 aliphatic heterocycles. The van der Waals surface area contributed by atoms with Crippen molar-refractivity contribution in [2.24, 2.45) is 0 Å². The summed E-state index contributed by atoms with van der Waals surface area (Å²) in [7, 11) is 0. The van der Waals surface area contributed by atoms with Crippen molar-refractivity contribution < 1.29 is 23.9 Å². The summed E-state index contributed by atoms with van der Waals surface area (Å²) in [5.41, 5.74) is 1.75. The molecule has 33 heavy (non-hydrogen) atoms. The van der Waals surface area contributed by atoms with Gasteiger partial charge in [0.05, 0.1) is 23.4 Å². The molecule has 9 heteroatoms. The molecule has 168 valence electrons. The first-order chi connectivity index (χ1) is 15.9. The summed E-state index contributed by atoms with van der Waals surface area (Å²) in [6.45, 7) is 3.56. The van der Waals surface area contributed by atoms with E-state index in [9.17, 15) is 19.2 Å². The second-order valence-electron chi connectivity index (χ2n) is 7.37. The van der Waals surface area contributed by atoms with E-state index in [1.165, 1.54) is 0 Å². The number of carbonyl (C=O) groups excluding carboxylic acids is 4. The number of rotatable bonds is 7. The number of imide groups is 1. The molecule has 0 fully saturated rings. The molecular weight excluding hydrogens is 442 g/mol. The van der Waals surface area contributed by atoms with Crippen LogP contribution in [0, 0.1) is 6.92 Å². The Kier molecular flexibility index (Phi) is 6.32. The van der Waals surface area contributed by atoms with Gasteiger partial charge in [0.25, 0.3) is 11.8 Å². The SMILES string of the molecule is CCOC(=O)c1sc(NC(=O)[C@@H](Cc2ccccc2)N2C(=O)c3ccccc3C2=O)nc1C. The summed E-state index contributed by atoms with van der Waals surface area (Å²) in [6, 6.07) is 14.5. The molecule has 4 rings (SSSR count). The molecule has 1 aromatic heterocycles. The lowest BCUT2D eigenvalue weighted by Gasteiger charge is -2.25. The Morgan fingerprint density at radius 2 is 1.64 bits per heavy atom. The van der Waals surface area contributed by atoms with Crippen LogP contribution in [0.1, 0.15) is 48.6 Å². The zero-order valence-electron chi connectivity index (χ0n) is 18.0. The zero-order chi connectivity index (χ0) is 23.5. The molecule has 1 atom stereocenters. The van der Waals surface area contributed by atoms with Gasteiger partial charge in [0.15, 0.2) is 5.13 Å². The molecule has 0 saturated heterocycles. The molecule has 1 N–H and O–H groups in total. The maximum absolute atomic E-state index is 13.4. The third-order valence-electron chi connectivity index (χ3n) is 5.20. The highest BCUT2D eigenvalue weighted by atomic mass is 32.1. The summed E-state index contributed by atoms with van der Waals surface area (Å²) >= 11 is 0.985. The van der Waals surface area contributed by atoms with Gasteiger partial charge in [-0.2, -0.15) is 0 Å². The first-order valence-corrected chi connectivity index (χ1v) is 11.2. The number of aryl methyl sites for hydroxylation is 1. The van der Waals surface area contributed by atoms with E-state index >= 15 is 0 Å². The Hall–Kier alpha value is -3.85. The highest BCUT2D eigenvalue weighted by Gasteiger charge is 2.42. The average Bonchev–Trinajstić information content (AvgIpc) is 3.30. The molecule has 0 saturated carbocycles. The highest BCUT2D eigenvalue weighted by Crippen LogP contribution is 2.28. The number of carbonyl (C=O) groups is 4. The van der Waals surface area contributed by atoms with Crippen LogP contribution < -0.4 is 5.32 Å². The number of ether oxygens (including phenoxy) is 1. The van der Waals surface area contributed by atoms with E-state index < -0.39 is 29.7 Å². The molecule has 0 unspecified atom stereocenters. The Balaban J connectivity index is 1.64. The van der Waals surface area contributed by atoms with E-state index in [0.717, 1.165) is 21.8 Å². The van der Waals surface area contributed by atoms with Crippen LogP contribution >= 0.6 is 11.3 Å². The fourth-order valence-corrected chi connectivity index (χ4v) is 4.52. The first kappa shape index (κ1) is 22.3. The number of esters is 1. The second-order valence-corrected chi connectivity index (χ2v) is 8.37. The molecule has 0 radical (unpaired) electrons. The topological polar surface area (TPSA) is 106 Å². The van der Waals surface area contributed by atoms with Gasteiger partial charge in [0.1, 0.15) is 10.9 Å². The molecule has 0 aliphatic carbocycles. The number of nitrogens with one attached hydrogen (secondary N) is 1. The molecule has 3 amide bonds. The quantitative estimate of drug-likeness (QED) is 0.425. The van der Waals surface area contributed by atoms with Crippen molar-refractivity contribution in [3.63, 3.8) is 0 Å². The molecule has 8 nitrogen and oxygen atoms in total. The minimum Gasteiger partial charge on any atom is -0.462 e. The van der Waals surface area contributed by atoms with Gasteiger partial charge in [-0.25, -0.2) is 9.78 Å². The molecule has 3 aromatic rings. The van der Waals surface area contributed by atoms with Gasteiger partial charge in [-0.3, -0.25) is 19.3 Å². The van der Waals surface area contributed by atoms with Crippen LogP contribution in [0.25, 0.3) is 0 Å². The normalized spacial score (nSPS) is 13.6. The van der Waals surface area contributed by atoms with Crippen molar-refractivity contribution >= 4 is 40.2 Å². The van der Waals surface area contributed by atoms with Crippen LogP contribution in [0.5, 0.6) is 0 Å². The number of aromatic nitrogens is 1. The number of hydrogen-bond donors (Lipinski definition) is 1. The lowest BCUT2D eigenvalue weighted by atomic mass is 10.0. The van der Waals surface area contributed by atoms with Crippen molar-refractivity contribution in [2.45, 2.75) is 26.3 Å². The number of thiazole rings is 1. The number of benzene rings is 2. The predicted octanol–water partition coefficient (Wildman–Crippen LogP) is 3.47. The molecule has 1 aliphatic rings. The van der Waals surface area contributed by atoms with Crippen molar-refractivity contribution in [1.82, 2.24) is 9.88 Å². The van der Waals surface area contributed by atoms with Gasteiger partial charge < -0.3 is 10.1 Å². The zero-order valence-corrected chi connectivity index (χ0v) is 18.8. The number of anilines is 1. The molecule has 2 heterocycles. The maximum atomic E-state index is 13.4. The molecular formula is C24H21N3O5S. The maximum Gasteiger partial charge on any atom is 0.350 e. The summed E-state index contributed by atoms with van der Waals surface area (Å²) < 4.78 is 5.02. The lowest BCUT2D eigenvalue weighted by Crippen LogP contribution is -2.48. The minimum absolute atomic E-state index is 0.132. The Morgan fingerprint density at radius 3 is 2.24 bits per heavy atom. The monoisotopic (exact) mass is 463 g/mol. The molecule has 0 bridgehead atoms. The van der Waals surface area contributed by atoms with E-state index in [1.807, 2.05) is 30.3 Å². The van der Waals surface area contributed by atoms with Crippen molar-refractivity contribution in [2.75, 3.05) is 11.9 Å². The standard InChI is InChI=1S/C24H21N3O5S/c1-3-32-23(31)19-14(2)25-24(33-19)26-20(28)18(13-15-9-5-4-6-10-15)27-21(29)16-11-7-8-12-17(16)22(27)30/h4-12,18H,3,13H2,1-2H3,(H,25,26,28)/t18-/m1/s1. The molecule has 0 spiro atoms. The van der Waals surface area contributed by atoms with E-state index in [-0.39, 0.29) is 34.2 Å². The fourth-order valence-electron chi connectivity index (χ4n) is 3.65. The van der Waals surface area contributed by atoms with Gasteiger partial charge in [-0.15, -0.1) is 0 Å². The van der Waals surface area contributed by atoms with Gasteiger partial charge in [0, 0.05) is 6.42 Å². The summed E-state index contributed by atoms with van der Waals surface area (Å²) in [5, 5.41) is 2.87. The average molecular weight is 464 g/mol. The second kappa shape index (κ2) is 9.33. The Bertz CT molecular complexity index is 1200. The van der Waals surface area contributed by atoms with E-state index in [2.05, 4.69) is 10.3 Å². The summed E-state index contributed by atoms with van der Waals surface area (Å²) in [5.74, 6) is -2.13. The van der Waals surface area contributed by atoms with Crippen LogP contribution in [-0.2, 0) is 16.0 Å². The minimum atomic E-state index is -1.10. The van der Waals surface area contributed by atoms with Crippen molar-refractivity contribution in [3.8, 4) is 0 Å². The lowest BCUT2D eigenvalue weighted by molar-refractivity contribution is -0.119. The van der Waals surface area contributed by atoms with Crippen LogP contribution in [-0.4, -0.2) is 46.2 Å². The van der Waals surface area contributed by atoms with E-state index in [4.69, 9.17) is 4.74 Å².